The van der Waals surface area contributed by atoms with Crippen molar-refractivity contribution in [3.63, 3.8) is 0 Å². The Morgan fingerprint density at radius 1 is 1.15 bits per heavy atom. The highest BCUT2D eigenvalue weighted by molar-refractivity contribution is 5.78. The quantitative estimate of drug-likeness (QED) is 0.857. The zero-order valence-corrected chi connectivity index (χ0v) is 13.6. The molecule has 1 amide bonds. The van der Waals surface area contributed by atoms with Crippen molar-refractivity contribution in [2.75, 3.05) is 20.1 Å². The summed E-state index contributed by atoms with van der Waals surface area (Å²) in [5, 5.41) is 3.70. The third-order valence-electron chi connectivity index (χ3n) is 6.14. The average molecular weight is 278 g/mol. The predicted octanol–water partition coefficient (Wildman–Crippen LogP) is 2.80. The number of nitrogens with one attached hydrogen (secondary N) is 1. The Kier molecular flexibility index (Phi) is 3.20. The van der Waals surface area contributed by atoms with Crippen LogP contribution in [0.25, 0.3) is 0 Å². The first-order valence-electron chi connectivity index (χ1n) is 8.26. The van der Waals surface area contributed by atoms with E-state index in [1.54, 1.807) is 0 Å². The molecule has 0 saturated heterocycles. The lowest BCUT2D eigenvalue weighted by Crippen LogP contribution is -2.65. The topological polar surface area (TPSA) is 32.3 Å². The van der Waals surface area contributed by atoms with E-state index in [9.17, 15) is 4.79 Å². The van der Waals surface area contributed by atoms with Crippen LogP contribution in [0.15, 0.2) is 0 Å². The molecule has 3 heteroatoms. The zero-order valence-electron chi connectivity index (χ0n) is 13.6. The van der Waals surface area contributed by atoms with Gasteiger partial charge in [0.15, 0.2) is 0 Å². The molecule has 4 saturated carbocycles. The van der Waals surface area contributed by atoms with Gasteiger partial charge in [-0.1, -0.05) is 13.8 Å². The largest absolute Gasteiger partial charge is 0.345 e. The smallest absolute Gasteiger partial charge is 0.236 e. The molecule has 4 aliphatic rings. The van der Waals surface area contributed by atoms with Crippen molar-refractivity contribution in [2.45, 2.75) is 64.8 Å². The molecule has 0 radical (unpaired) electrons. The van der Waals surface area contributed by atoms with Crippen LogP contribution in [0.1, 0.15) is 59.3 Å². The van der Waals surface area contributed by atoms with E-state index in [-0.39, 0.29) is 11.4 Å². The molecule has 3 nitrogen and oxygen atoms in total. The highest BCUT2D eigenvalue weighted by Gasteiger charge is 2.59. The summed E-state index contributed by atoms with van der Waals surface area (Å²) in [5.41, 5.74) is 1.27. The minimum atomic E-state index is 0.235. The lowest BCUT2D eigenvalue weighted by molar-refractivity contribution is -0.135. The van der Waals surface area contributed by atoms with Gasteiger partial charge in [0, 0.05) is 19.1 Å². The Bertz CT molecular complexity index is 401. The maximum Gasteiger partial charge on any atom is 0.236 e. The minimum Gasteiger partial charge on any atom is -0.345 e. The van der Waals surface area contributed by atoms with E-state index in [1.165, 1.54) is 38.5 Å². The molecule has 20 heavy (non-hydrogen) atoms. The molecular formula is C17H30N2O. The summed E-state index contributed by atoms with van der Waals surface area (Å²) in [5.74, 6) is 1.12. The Balaban J connectivity index is 1.71. The zero-order chi connectivity index (χ0) is 14.6. The second-order valence-corrected chi connectivity index (χ2v) is 8.67. The average Bonchev–Trinajstić information content (AvgIpc) is 2.30. The first-order chi connectivity index (χ1) is 9.27. The fraction of sp³-hybridized carbons (Fsp3) is 0.941. The molecule has 0 spiro atoms. The van der Waals surface area contributed by atoms with Gasteiger partial charge in [-0.05, 0) is 62.2 Å². The van der Waals surface area contributed by atoms with Crippen molar-refractivity contribution in [1.29, 1.82) is 0 Å². The molecule has 0 aliphatic heterocycles. The summed E-state index contributed by atoms with van der Waals surface area (Å²) in [6.07, 6.45) is 8.05. The minimum absolute atomic E-state index is 0.235. The summed E-state index contributed by atoms with van der Waals surface area (Å²) in [7, 11) is 1.90. The Labute approximate surface area is 123 Å². The van der Waals surface area contributed by atoms with Gasteiger partial charge in [0.25, 0.3) is 0 Å². The number of nitrogens with zero attached hydrogens (tertiary/aromatic N) is 1. The van der Waals surface area contributed by atoms with Gasteiger partial charge < -0.3 is 10.2 Å². The van der Waals surface area contributed by atoms with Gasteiger partial charge in [-0.25, -0.2) is 0 Å². The predicted molar refractivity (Wildman–Crippen MR) is 81.5 cm³/mol. The van der Waals surface area contributed by atoms with E-state index in [1.807, 2.05) is 18.9 Å². The second kappa shape index (κ2) is 4.46. The van der Waals surface area contributed by atoms with Gasteiger partial charge in [-0.2, -0.15) is 0 Å². The first-order valence-corrected chi connectivity index (χ1v) is 8.26. The molecule has 2 atom stereocenters. The SMILES string of the molecule is CCN(C)C(=O)CNC12CC3CC(C)(CC(C)(C3)C1)C2. The van der Waals surface area contributed by atoms with Crippen LogP contribution in [-0.2, 0) is 4.79 Å². The van der Waals surface area contributed by atoms with Gasteiger partial charge in [0.05, 0.1) is 6.54 Å². The molecule has 0 heterocycles. The van der Waals surface area contributed by atoms with Gasteiger partial charge in [-0.3, -0.25) is 4.79 Å². The monoisotopic (exact) mass is 278 g/mol. The maximum absolute atomic E-state index is 12.1. The molecule has 4 fully saturated rings. The van der Waals surface area contributed by atoms with Crippen molar-refractivity contribution in [3.8, 4) is 0 Å². The molecule has 114 valence electrons. The van der Waals surface area contributed by atoms with Crippen LogP contribution in [0.3, 0.4) is 0 Å². The molecule has 4 rings (SSSR count). The number of likely N-dealkylation sites (N-methyl/N-ethyl adjacent to an activating group) is 1. The Morgan fingerprint density at radius 3 is 2.25 bits per heavy atom. The summed E-state index contributed by atoms with van der Waals surface area (Å²) < 4.78 is 0. The van der Waals surface area contributed by atoms with Crippen molar-refractivity contribution in [3.05, 3.63) is 0 Å². The van der Waals surface area contributed by atoms with Gasteiger partial charge >= 0.3 is 0 Å². The standard InChI is InChI=1S/C17H30N2O/c1-5-19(4)14(20)9-18-17-8-13-6-15(2,11-17)10-16(3,7-13)12-17/h13,18H,5-12H2,1-4H3. The lowest BCUT2D eigenvalue weighted by Gasteiger charge is -2.65. The fourth-order valence-corrected chi connectivity index (χ4v) is 6.22. The van der Waals surface area contributed by atoms with E-state index in [4.69, 9.17) is 0 Å². The van der Waals surface area contributed by atoms with Crippen LogP contribution < -0.4 is 5.32 Å². The normalized spacial score (nSPS) is 45.7. The number of carbonyl (C=O) groups is 1. The number of rotatable bonds is 4. The number of amides is 1. The first kappa shape index (κ1) is 14.4. The maximum atomic E-state index is 12.1. The van der Waals surface area contributed by atoms with Crippen molar-refractivity contribution in [2.24, 2.45) is 16.7 Å². The van der Waals surface area contributed by atoms with Crippen molar-refractivity contribution >= 4 is 5.91 Å². The van der Waals surface area contributed by atoms with Crippen LogP contribution in [0, 0.1) is 16.7 Å². The van der Waals surface area contributed by atoms with Crippen LogP contribution in [0.2, 0.25) is 0 Å². The van der Waals surface area contributed by atoms with E-state index in [0.717, 1.165) is 12.5 Å². The van der Waals surface area contributed by atoms with E-state index in [2.05, 4.69) is 19.2 Å². The highest BCUT2D eigenvalue weighted by atomic mass is 16.2. The Morgan fingerprint density at radius 2 is 1.75 bits per heavy atom. The summed E-state index contributed by atoms with van der Waals surface area (Å²) in [6, 6.07) is 0. The van der Waals surface area contributed by atoms with Crippen LogP contribution in [0.5, 0.6) is 0 Å². The molecule has 1 N–H and O–H groups in total. The van der Waals surface area contributed by atoms with Crippen molar-refractivity contribution in [1.82, 2.24) is 10.2 Å². The summed E-state index contributed by atoms with van der Waals surface area (Å²) >= 11 is 0. The summed E-state index contributed by atoms with van der Waals surface area (Å²) in [6.45, 7) is 8.30. The van der Waals surface area contributed by atoms with Gasteiger partial charge in [0.2, 0.25) is 5.91 Å². The van der Waals surface area contributed by atoms with E-state index < -0.39 is 0 Å². The van der Waals surface area contributed by atoms with Crippen LogP contribution in [-0.4, -0.2) is 36.5 Å². The number of hydrogen-bond acceptors (Lipinski definition) is 2. The van der Waals surface area contributed by atoms with Crippen LogP contribution in [0.4, 0.5) is 0 Å². The van der Waals surface area contributed by atoms with E-state index in [0.29, 0.717) is 17.4 Å². The number of hydrogen-bond donors (Lipinski definition) is 1. The van der Waals surface area contributed by atoms with Crippen LogP contribution >= 0.6 is 0 Å². The molecule has 4 aliphatic carbocycles. The third-order valence-corrected chi connectivity index (χ3v) is 6.14. The molecular weight excluding hydrogens is 248 g/mol. The van der Waals surface area contributed by atoms with E-state index >= 15 is 0 Å². The summed E-state index contributed by atoms with van der Waals surface area (Å²) in [4.78, 5) is 13.9. The second-order valence-electron chi connectivity index (χ2n) is 8.67. The molecule has 0 aromatic rings. The number of carbonyl (C=O) groups excluding carboxylic acids is 1. The third kappa shape index (κ3) is 2.38. The molecule has 0 aromatic carbocycles. The van der Waals surface area contributed by atoms with Gasteiger partial charge in [0.1, 0.15) is 0 Å². The molecule has 4 bridgehead atoms. The highest BCUT2D eigenvalue weighted by Crippen LogP contribution is 2.66. The lowest BCUT2D eigenvalue weighted by atomic mass is 9.43. The molecule has 2 unspecified atom stereocenters. The molecule has 0 aromatic heterocycles. The fourth-order valence-electron chi connectivity index (χ4n) is 6.22. The Hall–Kier alpha value is -0.570. The van der Waals surface area contributed by atoms with Gasteiger partial charge in [-0.15, -0.1) is 0 Å². The van der Waals surface area contributed by atoms with Crippen molar-refractivity contribution < 1.29 is 4.79 Å².